The second kappa shape index (κ2) is 9.31. The summed E-state index contributed by atoms with van der Waals surface area (Å²) in [6.45, 7) is 7.52. The van der Waals surface area contributed by atoms with Crippen LogP contribution in [0.2, 0.25) is 0 Å². The van der Waals surface area contributed by atoms with E-state index in [1.54, 1.807) is 8.93 Å². The summed E-state index contributed by atoms with van der Waals surface area (Å²) in [4.78, 5) is 28.0. The lowest BCUT2D eigenvalue weighted by atomic mass is 9.87. The van der Waals surface area contributed by atoms with Crippen LogP contribution in [-0.2, 0) is 40.3 Å². The van der Waals surface area contributed by atoms with Gasteiger partial charge in [0, 0.05) is 39.2 Å². The van der Waals surface area contributed by atoms with Gasteiger partial charge in [-0.05, 0) is 54.2 Å². The summed E-state index contributed by atoms with van der Waals surface area (Å²) in [5, 5.41) is 0. The molecule has 1 aliphatic rings. The third kappa shape index (κ3) is 4.38. The fourth-order valence-electron chi connectivity index (χ4n) is 3.79. The summed E-state index contributed by atoms with van der Waals surface area (Å²) in [6.07, 6.45) is 0.685. The van der Waals surface area contributed by atoms with E-state index in [9.17, 15) is 9.59 Å². The van der Waals surface area contributed by atoms with Crippen LogP contribution >= 0.6 is 30.1 Å². The molecular formula is C22H24INO3S. The minimum atomic E-state index is -0.204. The van der Waals surface area contributed by atoms with Crippen molar-refractivity contribution in [2.24, 2.45) is 0 Å². The first-order chi connectivity index (χ1) is 13.5. The van der Waals surface area contributed by atoms with Crippen LogP contribution in [0.4, 0.5) is 0 Å². The smallest absolute Gasteiger partial charge is 0.310 e. The summed E-state index contributed by atoms with van der Waals surface area (Å²) < 4.78 is 5.19. The number of halogens is 1. The number of rotatable bonds is 6. The van der Waals surface area contributed by atoms with Crippen molar-refractivity contribution < 1.29 is 14.3 Å². The molecule has 2 aromatic carbocycles. The Bertz CT molecular complexity index is 899. The minimum Gasteiger partial charge on any atom is -0.466 e. The maximum atomic E-state index is 12.8. The van der Waals surface area contributed by atoms with E-state index in [0.29, 0.717) is 26.1 Å². The Morgan fingerprint density at radius 1 is 1.18 bits per heavy atom. The first-order valence-electron chi connectivity index (χ1n) is 9.35. The average molecular weight is 509 g/mol. The molecule has 0 saturated carbocycles. The van der Waals surface area contributed by atoms with Crippen molar-refractivity contribution in [2.75, 3.05) is 6.61 Å². The maximum Gasteiger partial charge on any atom is 0.310 e. The predicted molar refractivity (Wildman–Crippen MR) is 121 cm³/mol. The summed E-state index contributed by atoms with van der Waals surface area (Å²) in [7, 11) is 1.61. The molecule has 1 amide bonds. The van der Waals surface area contributed by atoms with Crippen LogP contribution < -0.4 is 0 Å². The number of hydrogen-bond donors (Lipinski definition) is 0. The molecular weight excluding hydrogens is 485 g/mol. The molecule has 0 unspecified atom stereocenters. The van der Waals surface area contributed by atoms with Crippen LogP contribution in [0.25, 0.3) is 0 Å². The van der Waals surface area contributed by atoms with E-state index in [1.807, 2.05) is 42.2 Å². The molecule has 3 rings (SSSR count). The zero-order chi connectivity index (χ0) is 20.3. The van der Waals surface area contributed by atoms with Gasteiger partial charge in [0.25, 0.3) is 0 Å². The van der Waals surface area contributed by atoms with Crippen LogP contribution in [0, 0.1) is 13.8 Å². The number of hydrogen-bond acceptors (Lipinski definition) is 4. The highest BCUT2D eigenvalue weighted by Crippen LogP contribution is 2.40. The lowest BCUT2D eigenvalue weighted by molar-refractivity contribution is -0.142. The first-order valence-corrected chi connectivity index (χ1v) is 12.7. The molecule has 1 heterocycles. The molecule has 0 atom stereocenters. The molecule has 0 aromatic heterocycles. The van der Waals surface area contributed by atoms with E-state index < -0.39 is 0 Å². The Morgan fingerprint density at radius 3 is 2.54 bits per heavy atom. The normalized spacial score (nSPS) is 13.4. The molecule has 0 N–H and O–H groups in total. The minimum absolute atomic E-state index is 0.154. The van der Waals surface area contributed by atoms with Crippen molar-refractivity contribution in [2.45, 2.75) is 51.6 Å². The highest BCUT2D eigenvalue weighted by Gasteiger charge is 2.29. The number of carbonyl (C=O) groups excluding carboxylic acids is 2. The van der Waals surface area contributed by atoms with Gasteiger partial charge in [0.15, 0.2) is 0 Å². The van der Waals surface area contributed by atoms with Crippen molar-refractivity contribution in [3.8, 4) is 0 Å². The fraction of sp³-hybridized carbons (Fsp3) is 0.364. The summed E-state index contributed by atoms with van der Waals surface area (Å²) in [6, 6.07) is 10.1. The van der Waals surface area contributed by atoms with E-state index in [-0.39, 0.29) is 18.3 Å². The van der Waals surface area contributed by atoms with Crippen LogP contribution in [0.5, 0.6) is 0 Å². The second-order valence-corrected chi connectivity index (χ2v) is 8.87. The number of fused-ring (bicyclic) bond motifs is 1. The van der Waals surface area contributed by atoms with E-state index in [2.05, 4.69) is 35.1 Å². The quantitative estimate of drug-likeness (QED) is 0.409. The molecule has 0 fully saturated rings. The largest absolute Gasteiger partial charge is 0.466 e. The zero-order valence-electron chi connectivity index (χ0n) is 16.4. The van der Waals surface area contributed by atoms with Gasteiger partial charge in [-0.1, -0.05) is 39.3 Å². The van der Waals surface area contributed by atoms with Gasteiger partial charge >= 0.3 is 5.97 Å². The molecule has 0 bridgehead atoms. The standard InChI is InChI=1S/C22H24INO3S/c1-4-27-21(26)11-18-14(2)19-13-24(12-16-8-6-5-7-9-16)20(25)10-17(19)15(3)22(18)28-23/h5-9H,4,10-13H2,1-3H3. The van der Waals surface area contributed by atoms with Crippen molar-refractivity contribution >= 4 is 42.0 Å². The molecule has 6 heteroatoms. The molecule has 0 saturated heterocycles. The Kier molecular flexibility index (Phi) is 7.04. The zero-order valence-corrected chi connectivity index (χ0v) is 19.4. The van der Waals surface area contributed by atoms with Gasteiger partial charge in [-0.15, -0.1) is 0 Å². The number of amides is 1. The van der Waals surface area contributed by atoms with Crippen molar-refractivity contribution in [3.05, 3.63) is 63.7 Å². The van der Waals surface area contributed by atoms with Gasteiger partial charge in [0.05, 0.1) is 19.4 Å². The lowest BCUT2D eigenvalue weighted by Gasteiger charge is -2.33. The van der Waals surface area contributed by atoms with Gasteiger partial charge in [-0.3, -0.25) is 9.59 Å². The van der Waals surface area contributed by atoms with Gasteiger partial charge in [-0.2, -0.15) is 0 Å². The van der Waals surface area contributed by atoms with Crippen molar-refractivity contribution in [1.82, 2.24) is 4.90 Å². The highest BCUT2D eigenvalue weighted by molar-refractivity contribution is 14.2. The first kappa shape index (κ1) is 21.2. The average Bonchev–Trinajstić information content (AvgIpc) is 2.68. The molecule has 0 radical (unpaired) electrons. The van der Waals surface area contributed by atoms with Gasteiger partial charge in [-0.25, -0.2) is 0 Å². The van der Waals surface area contributed by atoms with Crippen molar-refractivity contribution in [3.63, 3.8) is 0 Å². The Balaban J connectivity index is 1.98. The number of esters is 1. The number of nitrogens with zero attached hydrogens (tertiary/aromatic N) is 1. The molecule has 1 aliphatic heterocycles. The number of ether oxygens (including phenoxy) is 1. The Hall–Kier alpha value is -1.54. The third-order valence-electron chi connectivity index (χ3n) is 5.29. The summed E-state index contributed by atoms with van der Waals surface area (Å²) >= 11 is 2.26. The summed E-state index contributed by atoms with van der Waals surface area (Å²) in [5.41, 5.74) is 6.69. The van der Waals surface area contributed by atoms with Crippen molar-refractivity contribution in [1.29, 1.82) is 0 Å². The van der Waals surface area contributed by atoms with Gasteiger partial charge < -0.3 is 9.64 Å². The summed E-state index contributed by atoms with van der Waals surface area (Å²) in [5.74, 6) is -0.0499. The van der Waals surface area contributed by atoms with Crippen LogP contribution in [-0.4, -0.2) is 23.4 Å². The fourth-order valence-corrected chi connectivity index (χ4v) is 6.13. The van der Waals surface area contributed by atoms with E-state index in [0.717, 1.165) is 32.7 Å². The van der Waals surface area contributed by atoms with Crippen LogP contribution in [0.3, 0.4) is 0 Å². The lowest BCUT2D eigenvalue weighted by Crippen LogP contribution is -2.37. The molecule has 0 spiro atoms. The monoisotopic (exact) mass is 509 g/mol. The Morgan fingerprint density at radius 2 is 1.89 bits per heavy atom. The molecule has 148 valence electrons. The van der Waals surface area contributed by atoms with E-state index >= 15 is 0 Å². The van der Waals surface area contributed by atoms with Crippen LogP contribution in [0.1, 0.15) is 40.3 Å². The Labute approximate surface area is 182 Å². The topological polar surface area (TPSA) is 46.6 Å². The molecule has 4 nitrogen and oxygen atoms in total. The second-order valence-electron chi connectivity index (χ2n) is 6.99. The van der Waals surface area contributed by atoms with Crippen LogP contribution in [0.15, 0.2) is 35.2 Å². The maximum absolute atomic E-state index is 12.8. The van der Waals surface area contributed by atoms with E-state index in [1.165, 1.54) is 5.56 Å². The molecule has 28 heavy (non-hydrogen) atoms. The highest BCUT2D eigenvalue weighted by atomic mass is 127. The van der Waals surface area contributed by atoms with Gasteiger partial charge in [0.1, 0.15) is 0 Å². The SMILES string of the molecule is CCOC(=O)Cc1c(C)c2c(c(C)c1SI)CC(=O)N(Cc1ccccc1)C2. The van der Waals surface area contributed by atoms with Gasteiger partial charge in [0.2, 0.25) is 5.91 Å². The third-order valence-corrected chi connectivity index (χ3v) is 7.31. The molecule has 2 aromatic rings. The number of carbonyl (C=O) groups is 2. The molecule has 0 aliphatic carbocycles. The van der Waals surface area contributed by atoms with E-state index in [4.69, 9.17) is 4.74 Å². The predicted octanol–water partition coefficient (Wildman–Crippen LogP) is 4.94. The number of benzene rings is 2.